The van der Waals surface area contributed by atoms with Crippen molar-refractivity contribution in [2.24, 2.45) is 0 Å². The predicted molar refractivity (Wildman–Crippen MR) is 57.8 cm³/mol. The van der Waals surface area contributed by atoms with E-state index in [0.717, 1.165) is 6.47 Å². The van der Waals surface area contributed by atoms with Crippen LogP contribution in [0.4, 0.5) is 0 Å². The van der Waals surface area contributed by atoms with Crippen LogP contribution in [-0.4, -0.2) is 6.47 Å². The van der Waals surface area contributed by atoms with Crippen molar-refractivity contribution in [3.63, 3.8) is 0 Å². The van der Waals surface area contributed by atoms with Gasteiger partial charge in [-0.05, 0) is 0 Å². The molecule has 0 atom stereocenters. The van der Waals surface area contributed by atoms with Crippen molar-refractivity contribution in [1.29, 1.82) is 0 Å². The molecule has 1 aromatic rings. The summed E-state index contributed by atoms with van der Waals surface area (Å²) in [5, 5.41) is -0.244. The van der Waals surface area contributed by atoms with Gasteiger partial charge in [0.05, 0.1) is 15.1 Å². The molecule has 1 rings (SSSR count). The molecule has 0 aliphatic carbocycles. The first kappa shape index (κ1) is 16.5. The van der Waals surface area contributed by atoms with Gasteiger partial charge in [0.1, 0.15) is 0 Å². The molecule has 15 heavy (non-hydrogen) atoms. The summed E-state index contributed by atoms with van der Waals surface area (Å²) in [6, 6.07) is 0. The first-order chi connectivity index (χ1) is 6.50. The number of ether oxygens (including phenoxy) is 1. The molecule has 0 amide bonds. The van der Waals surface area contributed by atoms with E-state index in [2.05, 4.69) is 4.74 Å². The Morgan fingerprint density at radius 1 is 0.800 bits per heavy atom. The fourth-order valence-electron chi connectivity index (χ4n) is 0.716. The molecule has 0 heterocycles. The zero-order valence-electron chi connectivity index (χ0n) is 6.65. The maximum absolute atomic E-state index is 10.0. The smallest absolute Gasteiger partial charge is 0.170 e. The number of rotatable bonds is 2. The van der Waals surface area contributed by atoms with E-state index in [-0.39, 0.29) is 71.3 Å². The molecular weight excluding hydrogens is 438 g/mol. The van der Waals surface area contributed by atoms with Crippen LogP contribution in [0.1, 0.15) is 0 Å². The van der Waals surface area contributed by atoms with Crippen molar-refractivity contribution in [2.75, 3.05) is 0 Å². The SMILES string of the molecule is O=[C-]Oc1c(Cl)c(Cl)c(Cl)c(Cl)c1Cl.[Pm]. The molecule has 81 valence electrons. The average Bonchev–Trinajstić information content (AvgIpc) is 2.19. The van der Waals surface area contributed by atoms with Gasteiger partial charge in [-0.1, -0.05) is 34.8 Å². The van der Waals surface area contributed by atoms with Crippen LogP contribution in [0.2, 0.25) is 25.1 Å². The van der Waals surface area contributed by atoms with Gasteiger partial charge in [0.2, 0.25) is 0 Å². The Morgan fingerprint density at radius 3 is 1.47 bits per heavy atom. The Kier molecular flexibility index (Phi) is 7.73. The van der Waals surface area contributed by atoms with Gasteiger partial charge in [-0.15, -0.1) is 23.2 Å². The van der Waals surface area contributed by atoms with Crippen LogP contribution >= 0.6 is 58.0 Å². The number of benzene rings is 1. The van der Waals surface area contributed by atoms with Gasteiger partial charge in [0, 0.05) is 56.2 Å². The van der Waals surface area contributed by atoms with Crippen LogP contribution in [0.25, 0.3) is 0 Å². The minimum absolute atomic E-state index is 0. The predicted octanol–water partition coefficient (Wildman–Crippen LogP) is 4.40. The summed E-state index contributed by atoms with van der Waals surface area (Å²) in [6.07, 6.45) is 0. The maximum Gasteiger partial charge on any atom is 0.170 e. The quantitative estimate of drug-likeness (QED) is 0.389. The summed E-state index contributed by atoms with van der Waals surface area (Å²) in [4.78, 5) is 10.0. The molecule has 8 heteroatoms. The molecule has 0 unspecified atom stereocenters. The standard InChI is InChI=1S/C7Cl5O2.Pm/c8-2-3(9)5(11)7(14-1-13)6(12)4(2)10;/q-1;. The molecule has 0 fully saturated rings. The largest absolute Gasteiger partial charge is 0.607 e. The third-order valence-corrected chi connectivity index (χ3v) is 3.56. The van der Waals surface area contributed by atoms with E-state index in [1.807, 2.05) is 0 Å². The number of halogens is 5. The van der Waals surface area contributed by atoms with Gasteiger partial charge >= 0.3 is 0 Å². The molecule has 0 bridgehead atoms. The van der Waals surface area contributed by atoms with Crippen molar-refractivity contribution < 1.29 is 49.9 Å². The topological polar surface area (TPSA) is 26.3 Å². The number of hydrogen-bond acceptors (Lipinski definition) is 2. The van der Waals surface area contributed by atoms with Crippen molar-refractivity contribution in [1.82, 2.24) is 0 Å². The molecule has 2 nitrogen and oxygen atoms in total. The monoisotopic (exact) mass is 436 g/mol. The fraction of sp³-hybridized carbons (Fsp3) is 0. The summed E-state index contributed by atoms with van der Waals surface area (Å²) < 4.78 is 4.39. The molecule has 0 aromatic heterocycles. The Bertz CT molecular complexity index is 366. The molecular formula is C7Cl5O2Pm-. The molecule has 0 N–H and O–H groups in total. The minimum Gasteiger partial charge on any atom is -0.607 e. The Labute approximate surface area is 143 Å². The van der Waals surface area contributed by atoms with E-state index in [1.165, 1.54) is 0 Å². The molecule has 0 spiro atoms. The van der Waals surface area contributed by atoms with Crippen LogP contribution < -0.4 is 4.74 Å². The van der Waals surface area contributed by atoms with E-state index in [4.69, 9.17) is 58.0 Å². The molecule has 1 aromatic carbocycles. The number of hydrogen-bond donors (Lipinski definition) is 0. The number of carbonyl (C=O) groups excluding carboxylic acids is 1. The van der Waals surface area contributed by atoms with E-state index < -0.39 is 0 Å². The van der Waals surface area contributed by atoms with Gasteiger partial charge in [-0.25, -0.2) is 0 Å². The second-order valence-electron chi connectivity index (χ2n) is 2.08. The molecule has 0 aliphatic heterocycles. The Morgan fingerprint density at radius 2 is 1.13 bits per heavy atom. The van der Waals surface area contributed by atoms with Gasteiger partial charge in [-0.3, -0.25) is 0 Å². The van der Waals surface area contributed by atoms with E-state index in [1.54, 1.807) is 0 Å². The van der Waals surface area contributed by atoms with Gasteiger partial charge < -0.3 is 9.53 Å². The Balaban J connectivity index is 0.00000196. The van der Waals surface area contributed by atoms with Crippen molar-refractivity contribution in [3.05, 3.63) is 25.1 Å². The first-order valence-electron chi connectivity index (χ1n) is 3.06. The zero-order valence-corrected chi connectivity index (χ0v) is 13.3. The van der Waals surface area contributed by atoms with E-state index >= 15 is 0 Å². The van der Waals surface area contributed by atoms with Crippen LogP contribution in [0.15, 0.2) is 0 Å². The van der Waals surface area contributed by atoms with Gasteiger partial charge in [0.25, 0.3) is 0 Å². The molecule has 1 radical (unpaired) electrons. The van der Waals surface area contributed by atoms with Crippen LogP contribution in [-0.2, 0) is 4.79 Å². The van der Waals surface area contributed by atoms with Crippen LogP contribution in [0.3, 0.4) is 0 Å². The maximum atomic E-state index is 10.0. The second-order valence-corrected chi connectivity index (χ2v) is 3.97. The van der Waals surface area contributed by atoms with Crippen molar-refractivity contribution >= 4 is 64.5 Å². The third kappa shape index (κ3) is 3.47. The van der Waals surface area contributed by atoms with E-state index in [9.17, 15) is 4.79 Å². The summed E-state index contributed by atoms with van der Waals surface area (Å²) in [6.45, 7) is 1.16. The van der Waals surface area contributed by atoms with Crippen molar-refractivity contribution in [2.45, 2.75) is 0 Å². The van der Waals surface area contributed by atoms with Crippen LogP contribution in [0.5, 0.6) is 5.75 Å². The minimum atomic E-state index is -0.164. The zero-order chi connectivity index (χ0) is 10.9. The van der Waals surface area contributed by atoms with Gasteiger partial charge in [0.15, 0.2) is 6.47 Å². The summed E-state index contributed by atoms with van der Waals surface area (Å²) in [5.41, 5.74) is 0. The summed E-state index contributed by atoms with van der Waals surface area (Å²) in [5.74, 6) is -0.164. The van der Waals surface area contributed by atoms with Gasteiger partial charge in [-0.2, -0.15) is 0 Å². The summed E-state index contributed by atoms with van der Waals surface area (Å²) in [7, 11) is 0. The molecule has 0 aliphatic rings. The van der Waals surface area contributed by atoms with Crippen molar-refractivity contribution in [3.8, 4) is 5.75 Å². The normalized spacial score (nSPS) is 9.40. The van der Waals surface area contributed by atoms with Crippen LogP contribution in [0, 0.1) is 40.4 Å². The van der Waals surface area contributed by atoms with E-state index in [0.29, 0.717) is 0 Å². The molecule has 0 saturated heterocycles. The first-order valence-corrected chi connectivity index (χ1v) is 4.95. The third-order valence-electron chi connectivity index (χ3n) is 1.31. The molecule has 0 saturated carbocycles. The second kappa shape index (κ2) is 7.03. The Hall–Kier alpha value is 1.48. The summed E-state index contributed by atoms with van der Waals surface area (Å²) >= 11 is 28.4. The fourth-order valence-corrected chi connectivity index (χ4v) is 1.91. The average molecular weight is 438 g/mol.